The number of nitrogens with one attached hydrogen (secondary N) is 1. The summed E-state index contributed by atoms with van der Waals surface area (Å²) in [6.45, 7) is 1.48. The molecule has 8 heteroatoms. The molecule has 116 valence electrons. The largest absolute Gasteiger partial charge is 0.368 e. The maximum Gasteiger partial charge on any atom is 0.229 e. The molecule has 0 saturated heterocycles. The third-order valence-corrected chi connectivity index (χ3v) is 3.64. The Kier molecular flexibility index (Phi) is 5.16. The second kappa shape index (κ2) is 7.08. The number of nitrogens with two attached hydrogens (primary N) is 1. The molecule has 0 bridgehead atoms. The number of nitrogens with zero attached hydrogens (tertiary/aromatic N) is 4. The van der Waals surface area contributed by atoms with Gasteiger partial charge in [0, 0.05) is 31.6 Å². The molecular formula is C14H18N6OS. The van der Waals surface area contributed by atoms with Gasteiger partial charge in [0.05, 0.1) is 5.75 Å². The lowest BCUT2D eigenvalue weighted by atomic mass is 10.3. The van der Waals surface area contributed by atoms with Crippen LogP contribution in [0.15, 0.2) is 29.2 Å². The van der Waals surface area contributed by atoms with Crippen molar-refractivity contribution in [2.45, 2.75) is 17.6 Å². The van der Waals surface area contributed by atoms with Gasteiger partial charge < -0.3 is 16.0 Å². The highest BCUT2D eigenvalue weighted by Gasteiger charge is 2.07. The molecular weight excluding hydrogens is 300 g/mol. The fourth-order valence-electron chi connectivity index (χ4n) is 1.68. The van der Waals surface area contributed by atoms with Gasteiger partial charge in [-0.05, 0) is 24.3 Å². The van der Waals surface area contributed by atoms with Crippen LogP contribution in [0.1, 0.15) is 12.7 Å². The summed E-state index contributed by atoms with van der Waals surface area (Å²) >= 11 is 1.59. The van der Waals surface area contributed by atoms with Crippen LogP contribution in [0.3, 0.4) is 0 Å². The van der Waals surface area contributed by atoms with Gasteiger partial charge in [-0.2, -0.15) is 15.0 Å². The van der Waals surface area contributed by atoms with Gasteiger partial charge in [-0.15, -0.1) is 11.8 Å². The van der Waals surface area contributed by atoms with Gasteiger partial charge >= 0.3 is 0 Å². The molecule has 0 saturated carbocycles. The van der Waals surface area contributed by atoms with Gasteiger partial charge in [0.2, 0.25) is 17.8 Å². The molecule has 1 aromatic carbocycles. The van der Waals surface area contributed by atoms with Crippen molar-refractivity contribution in [3.63, 3.8) is 0 Å². The van der Waals surface area contributed by atoms with Gasteiger partial charge in [-0.1, -0.05) is 0 Å². The van der Waals surface area contributed by atoms with Crippen LogP contribution in [-0.4, -0.2) is 35.0 Å². The number of anilines is 3. The number of hydrogen-bond acceptors (Lipinski definition) is 7. The summed E-state index contributed by atoms with van der Waals surface area (Å²) in [5.41, 5.74) is 6.47. The van der Waals surface area contributed by atoms with Crippen LogP contribution in [0.2, 0.25) is 0 Å². The summed E-state index contributed by atoms with van der Waals surface area (Å²) in [6, 6.07) is 7.59. The van der Waals surface area contributed by atoms with E-state index in [1.807, 2.05) is 38.4 Å². The van der Waals surface area contributed by atoms with Crippen LogP contribution in [0.25, 0.3) is 0 Å². The lowest BCUT2D eigenvalue weighted by molar-refractivity contribution is -0.114. The van der Waals surface area contributed by atoms with Crippen LogP contribution >= 0.6 is 11.8 Å². The number of carbonyl (C=O) groups is 1. The van der Waals surface area contributed by atoms with Crippen LogP contribution in [0, 0.1) is 0 Å². The van der Waals surface area contributed by atoms with E-state index < -0.39 is 0 Å². The smallest absolute Gasteiger partial charge is 0.229 e. The molecule has 0 atom stereocenters. The van der Waals surface area contributed by atoms with Gasteiger partial charge in [0.1, 0.15) is 5.82 Å². The lowest BCUT2D eigenvalue weighted by Gasteiger charge is -2.11. The van der Waals surface area contributed by atoms with E-state index in [0.717, 1.165) is 10.6 Å². The summed E-state index contributed by atoms with van der Waals surface area (Å²) in [6.07, 6.45) is 0. The zero-order chi connectivity index (χ0) is 16.1. The summed E-state index contributed by atoms with van der Waals surface area (Å²) in [5.74, 6) is 1.90. The Labute approximate surface area is 133 Å². The van der Waals surface area contributed by atoms with Gasteiger partial charge in [-0.3, -0.25) is 4.79 Å². The number of thioether (sulfide) groups is 1. The quantitative estimate of drug-likeness (QED) is 0.811. The average molecular weight is 318 g/mol. The maximum absolute atomic E-state index is 11.0. The predicted octanol–water partition coefficient (Wildman–Crippen LogP) is 1.77. The van der Waals surface area contributed by atoms with Gasteiger partial charge in [-0.25, -0.2) is 0 Å². The molecule has 2 aromatic rings. The Balaban J connectivity index is 2.02. The van der Waals surface area contributed by atoms with Crippen LogP contribution < -0.4 is 16.0 Å². The topological polar surface area (TPSA) is 97.0 Å². The SMILES string of the molecule is CC(=O)Nc1ccc(SCc2nc(N)nc(N(C)C)n2)cc1. The molecule has 0 fully saturated rings. The first-order valence-electron chi connectivity index (χ1n) is 6.62. The number of carbonyl (C=O) groups excluding carboxylic acids is 1. The minimum Gasteiger partial charge on any atom is -0.368 e. The molecule has 0 radical (unpaired) electrons. The first-order chi connectivity index (χ1) is 10.4. The molecule has 0 aliphatic heterocycles. The minimum atomic E-state index is -0.0859. The second-order valence-corrected chi connectivity index (χ2v) is 5.85. The number of nitrogen functional groups attached to an aromatic ring is 1. The Morgan fingerprint density at radius 2 is 1.91 bits per heavy atom. The van der Waals surface area contributed by atoms with Crippen molar-refractivity contribution in [1.29, 1.82) is 0 Å². The van der Waals surface area contributed by atoms with E-state index in [4.69, 9.17) is 5.73 Å². The zero-order valence-electron chi connectivity index (χ0n) is 12.7. The molecule has 0 aliphatic carbocycles. The number of hydrogen-bond donors (Lipinski definition) is 2. The molecule has 3 N–H and O–H groups in total. The van der Waals surface area contributed by atoms with E-state index in [9.17, 15) is 4.79 Å². The molecule has 1 heterocycles. The number of rotatable bonds is 5. The van der Waals surface area contributed by atoms with Gasteiger partial charge in [0.15, 0.2) is 0 Å². The number of amides is 1. The van der Waals surface area contributed by atoms with Crippen molar-refractivity contribution in [2.24, 2.45) is 0 Å². The van der Waals surface area contributed by atoms with Crippen LogP contribution in [0.4, 0.5) is 17.6 Å². The Morgan fingerprint density at radius 1 is 1.23 bits per heavy atom. The molecule has 22 heavy (non-hydrogen) atoms. The van der Waals surface area contributed by atoms with E-state index in [2.05, 4.69) is 20.3 Å². The Hall–Kier alpha value is -2.35. The summed E-state index contributed by atoms with van der Waals surface area (Å²) in [7, 11) is 3.71. The van der Waals surface area contributed by atoms with Gasteiger partial charge in [0.25, 0.3) is 0 Å². The Morgan fingerprint density at radius 3 is 2.50 bits per heavy atom. The minimum absolute atomic E-state index is 0.0859. The highest BCUT2D eigenvalue weighted by atomic mass is 32.2. The van der Waals surface area contributed by atoms with Crippen molar-refractivity contribution in [2.75, 3.05) is 30.0 Å². The number of benzene rings is 1. The summed E-state index contributed by atoms with van der Waals surface area (Å²) < 4.78 is 0. The van der Waals surface area contributed by atoms with Crippen LogP contribution in [-0.2, 0) is 10.5 Å². The molecule has 2 rings (SSSR count). The highest BCUT2D eigenvalue weighted by molar-refractivity contribution is 7.98. The zero-order valence-corrected chi connectivity index (χ0v) is 13.5. The monoisotopic (exact) mass is 318 g/mol. The summed E-state index contributed by atoms with van der Waals surface area (Å²) in [4.78, 5) is 26.4. The third-order valence-electron chi connectivity index (χ3n) is 2.63. The predicted molar refractivity (Wildman–Crippen MR) is 88.9 cm³/mol. The van der Waals surface area contributed by atoms with E-state index in [-0.39, 0.29) is 11.9 Å². The molecule has 1 amide bonds. The fraction of sp³-hybridized carbons (Fsp3) is 0.286. The van der Waals surface area contributed by atoms with Crippen LogP contribution in [0.5, 0.6) is 0 Å². The second-order valence-electron chi connectivity index (χ2n) is 4.80. The van der Waals surface area contributed by atoms with Crippen molar-refractivity contribution >= 4 is 35.3 Å². The molecule has 1 aromatic heterocycles. The Bertz CT molecular complexity index is 659. The average Bonchev–Trinajstić information content (AvgIpc) is 2.45. The maximum atomic E-state index is 11.0. The van der Waals surface area contributed by atoms with Crippen molar-refractivity contribution in [3.05, 3.63) is 30.1 Å². The highest BCUT2D eigenvalue weighted by Crippen LogP contribution is 2.23. The molecule has 0 spiro atoms. The number of aromatic nitrogens is 3. The molecule has 0 unspecified atom stereocenters. The van der Waals surface area contributed by atoms with E-state index in [1.54, 1.807) is 16.7 Å². The van der Waals surface area contributed by atoms with Crippen molar-refractivity contribution in [3.8, 4) is 0 Å². The van der Waals surface area contributed by atoms with E-state index in [1.165, 1.54) is 6.92 Å². The first-order valence-corrected chi connectivity index (χ1v) is 7.61. The third kappa shape index (κ3) is 4.59. The molecule has 0 aliphatic rings. The van der Waals surface area contributed by atoms with E-state index >= 15 is 0 Å². The lowest BCUT2D eigenvalue weighted by Crippen LogP contribution is -2.15. The first kappa shape index (κ1) is 16.0. The standard InChI is InChI=1S/C14H18N6OS/c1-9(21)16-10-4-6-11(7-5-10)22-8-12-17-13(15)19-14(18-12)20(2)3/h4-7H,8H2,1-3H3,(H,16,21)(H2,15,17,18,19). The summed E-state index contributed by atoms with van der Waals surface area (Å²) in [5, 5.41) is 2.73. The van der Waals surface area contributed by atoms with Crippen molar-refractivity contribution in [1.82, 2.24) is 15.0 Å². The molecule has 7 nitrogen and oxygen atoms in total. The van der Waals surface area contributed by atoms with Crippen molar-refractivity contribution < 1.29 is 4.79 Å². The fourth-order valence-corrected chi connectivity index (χ4v) is 2.43. The normalized spacial score (nSPS) is 10.3. The van der Waals surface area contributed by atoms with E-state index in [0.29, 0.717) is 17.5 Å².